The first-order valence-electron chi connectivity index (χ1n) is 9.61. The van der Waals surface area contributed by atoms with E-state index in [1.54, 1.807) is 24.3 Å². The molecule has 29 heavy (non-hydrogen) atoms. The van der Waals surface area contributed by atoms with E-state index in [-0.39, 0.29) is 11.4 Å². The first-order chi connectivity index (χ1) is 13.9. The third-order valence-electron chi connectivity index (χ3n) is 4.68. The highest BCUT2D eigenvalue weighted by atomic mass is 32.2. The SMILES string of the molecule is Cc1ccc(S(=O)(=O)N(C#Cc2ccc(C(C)C)cc2)Cc2ccccc2)cc1. The van der Waals surface area contributed by atoms with Gasteiger partial charge in [-0.15, -0.1) is 0 Å². The van der Waals surface area contributed by atoms with Crippen LogP contribution in [0.3, 0.4) is 0 Å². The number of hydrogen-bond donors (Lipinski definition) is 0. The highest BCUT2D eigenvalue weighted by Crippen LogP contribution is 2.19. The van der Waals surface area contributed by atoms with E-state index in [2.05, 4.69) is 25.8 Å². The summed E-state index contributed by atoms with van der Waals surface area (Å²) in [4.78, 5) is 0.239. The highest BCUT2D eigenvalue weighted by molar-refractivity contribution is 7.89. The Labute approximate surface area is 174 Å². The van der Waals surface area contributed by atoms with Gasteiger partial charge in [0.15, 0.2) is 0 Å². The van der Waals surface area contributed by atoms with Crippen LogP contribution in [0.2, 0.25) is 0 Å². The van der Waals surface area contributed by atoms with E-state index in [0.29, 0.717) is 5.92 Å². The molecule has 0 spiro atoms. The molecule has 0 aromatic heterocycles. The quantitative estimate of drug-likeness (QED) is 0.427. The van der Waals surface area contributed by atoms with E-state index in [1.165, 1.54) is 9.87 Å². The number of sulfonamides is 1. The Morgan fingerprint density at radius 1 is 0.862 bits per heavy atom. The Morgan fingerprint density at radius 3 is 2.07 bits per heavy atom. The lowest BCUT2D eigenvalue weighted by atomic mass is 10.0. The lowest BCUT2D eigenvalue weighted by molar-refractivity contribution is 0.508. The third-order valence-corrected chi connectivity index (χ3v) is 6.35. The van der Waals surface area contributed by atoms with E-state index >= 15 is 0 Å². The van der Waals surface area contributed by atoms with Crippen LogP contribution in [0, 0.1) is 18.9 Å². The second kappa shape index (κ2) is 8.98. The van der Waals surface area contributed by atoms with Crippen molar-refractivity contribution < 1.29 is 8.42 Å². The van der Waals surface area contributed by atoms with Crippen molar-refractivity contribution in [1.29, 1.82) is 0 Å². The summed E-state index contributed by atoms with van der Waals surface area (Å²) in [5, 5.41) is 0. The number of benzene rings is 3. The third kappa shape index (κ3) is 5.28. The van der Waals surface area contributed by atoms with E-state index in [0.717, 1.165) is 16.7 Å². The van der Waals surface area contributed by atoms with Crippen LogP contribution >= 0.6 is 0 Å². The molecule has 3 rings (SSSR count). The van der Waals surface area contributed by atoms with Crippen molar-refractivity contribution in [3.63, 3.8) is 0 Å². The van der Waals surface area contributed by atoms with Crippen molar-refractivity contribution in [2.75, 3.05) is 0 Å². The van der Waals surface area contributed by atoms with Gasteiger partial charge in [0.05, 0.1) is 11.4 Å². The molecule has 3 nitrogen and oxygen atoms in total. The Hall–Kier alpha value is -3.03. The topological polar surface area (TPSA) is 37.4 Å². The molecule has 0 bridgehead atoms. The lowest BCUT2D eigenvalue weighted by Gasteiger charge is -2.18. The van der Waals surface area contributed by atoms with Crippen LogP contribution in [0.15, 0.2) is 83.8 Å². The summed E-state index contributed by atoms with van der Waals surface area (Å²) in [6, 6.07) is 27.2. The largest absolute Gasteiger partial charge is 0.271 e. The van der Waals surface area contributed by atoms with Gasteiger partial charge in [0.2, 0.25) is 0 Å². The molecule has 0 radical (unpaired) electrons. The standard InChI is InChI=1S/C25H25NO2S/c1-20(2)24-13-11-22(12-14-24)17-18-26(19-23-7-5-4-6-8-23)29(27,28)25-15-9-21(3)10-16-25/h4-16,20H,19H2,1-3H3. The molecule has 3 aromatic carbocycles. The van der Waals surface area contributed by atoms with Crippen molar-refractivity contribution >= 4 is 10.0 Å². The molecule has 0 aliphatic carbocycles. The molecule has 0 saturated carbocycles. The number of hydrogen-bond acceptors (Lipinski definition) is 2. The summed E-state index contributed by atoms with van der Waals surface area (Å²) in [6.07, 6.45) is 0. The van der Waals surface area contributed by atoms with Crippen LogP contribution in [0.25, 0.3) is 0 Å². The number of rotatable bonds is 5. The average molecular weight is 404 g/mol. The van der Waals surface area contributed by atoms with Crippen LogP contribution in [0.1, 0.15) is 42.0 Å². The van der Waals surface area contributed by atoms with Gasteiger partial charge in [-0.05, 0) is 54.2 Å². The summed E-state index contributed by atoms with van der Waals surface area (Å²) in [6.45, 7) is 6.39. The van der Waals surface area contributed by atoms with Crippen molar-refractivity contribution in [2.45, 2.75) is 38.1 Å². The Kier molecular flexibility index (Phi) is 6.41. The molecule has 0 aliphatic heterocycles. The molecule has 0 unspecified atom stereocenters. The fraction of sp³-hybridized carbons (Fsp3) is 0.200. The highest BCUT2D eigenvalue weighted by Gasteiger charge is 2.22. The molecule has 0 fully saturated rings. The maximum atomic E-state index is 13.2. The van der Waals surface area contributed by atoms with Gasteiger partial charge in [-0.1, -0.05) is 74.0 Å². The maximum absolute atomic E-state index is 13.2. The molecule has 0 aliphatic rings. The molecule has 0 saturated heterocycles. The molecule has 0 N–H and O–H groups in total. The maximum Gasteiger partial charge on any atom is 0.271 e. The summed E-state index contributed by atoms with van der Waals surface area (Å²) in [5.74, 6) is 3.45. The van der Waals surface area contributed by atoms with Crippen LogP contribution < -0.4 is 0 Å². The minimum Gasteiger partial charge on any atom is -0.220 e. The van der Waals surface area contributed by atoms with Crippen molar-refractivity contribution in [3.8, 4) is 12.0 Å². The molecule has 0 atom stereocenters. The fourth-order valence-corrected chi connectivity index (χ4v) is 4.07. The van der Waals surface area contributed by atoms with Gasteiger partial charge in [0.25, 0.3) is 10.0 Å². The van der Waals surface area contributed by atoms with Gasteiger partial charge in [-0.3, -0.25) is 0 Å². The minimum absolute atomic E-state index is 0.189. The Morgan fingerprint density at radius 2 is 1.48 bits per heavy atom. The van der Waals surface area contributed by atoms with Crippen LogP contribution in [-0.2, 0) is 16.6 Å². The summed E-state index contributed by atoms with van der Waals surface area (Å²) in [5.41, 5.74) is 3.90. The summed E-state index contributed by atoms with van der Waals surface area (Å²) >= 11 is 0. The van der Waals surface area contributed by atoms with Gasteiger partial charge in [-0.2, -0.15) is 0 Å². The molecular formula is C25H25NO2S. The zero-order valence-electron chi connectivity index (χ0n) is 17.0. The molecular weight excluding hydrogens is 378 g/mol. The Balaban J connectivity index is 1.96. The summed E-state index contributed by atoms with van der Waals surface area (Å²) in [7, 11) is -3.75. The molecule has 3 aromatic rings. The van der Waals surface area contributed by atoms with Gasteiger partial charge < -0.3 is 0 Å². The molecule has 0 heterocycles. The van der Waals surface area contributed by atoms with Crippen LogP contribution in [0.4, 0.5) is 0 Å². The second-order valence-electron chi connectivity index (χ2n) is 7.32. The number of aryl methyl sites for hydroxylation is 1. The van der Waals surface area contributed by atoms with Crippen molar-refractivity contribution in [1.82, 2.24) is 4.31 Å². The molecule has 148 valence electrons. The fourth-order valence-electron chi connectivity index (χ4n) is 2.85. The van der Waals surface area contributed by atoms with Gasteiger partial charge in [0, 0.05) is 11.6 Å². The van der Waals surface area contributed by atoms with E-state index in [4.69, 9.17) is 0 Å². The van der Waals surface area contributed by atoms with E-state index in [9.17, 15) is 8.42 Å². The monoisotopic (exact) mass is 403 g/mol. The zero-order valence-corrected chi connectivity index (χ0v) is 17.8. The van der Waals surface area contributed by atoms with E-state index in [1.807, 2.05) is 61.5 Å². The Bertz CT molecular complexity index is 1110. The van der Waals surface area contributed by atoms with Crippen LogP contribution in [0.5, 0.6) is 0 Å². The minimum atomic E-state index is -3.75. The van der Waals surface area contributed by atoms with Crippen LogP contribution in [-0.4, -0.2) is 12.7 Å². The predicted molar refractivity (Wildman–Crippen MR) is 118 cm³/mol. The normalized spacial score (nSPS) is 11.0. The van der Waals surface area contributed by atoms with E-state index < -0.39 is 10.0 Å². The predicted octanol–water partition coefficient (Wildman–Crippen LogP) is 5.32. The zero-order chi connectivity index (χ0) is 20.9. The second-order valence-corrected chi connectivity index (χ2v) is 9.19. The lowest BCUT2D eigenvalue weighted by Crippen LogP contribution is -2.26. The number of nitrogens with zero attached hydrogens (tertiary/aromatic N) is 1. The van der Waals surface area contributed by atoms with Crippen molar-refractivity contribution in [3.05, 3.63) is 101 Å². The molecule has 0 amide bonds. The smallest absolute Gasteiger partial charge is 0.220 e. The summed E-state index contributed by atoms with van der Waals surface area (Å²) < 4.78 is 27.7. The van der Waals surface area contributed by atoms with Crippen molar-refractivity contribution in [2.24, 2.45) is 0 Å². The van der Waals surface area contributed by atoms with Gasteiger partial charge >= 0.3 is 0 Å². The average Bonchev–Trinajstić information content (AvgIpc) is 2.72. The molecule has 4 heteroatoms. The van der Waals surface area contributed by atoms with Gasteiger partial charge in [-0.25, -0.2) is 12.7 Å². The van der Waals surface area contributed by atoms with Gasteiger partial charge in [0.1, 0.15) is 0 Å². The first kappa shape index (κ1) is 20.7. The first-order valence-corrected chi connectivity index (χ1v) is 11.1.